The molecule has 6 heteroatoms. The van der Waals surface area contributed by atoms with Crippen molar-refractivity contribution in [2.24, 2.45) is 12.0 Å². The monoisotopic (exact) mass is 362 g/mol. The summed E-state index contributed by atoms with van der Waals surface area (Å²) in [5.41, 5.74) is 1.77. The molecule has 23 heavy (non-hydrogen) atoms. The van der Waals surface area contributed by atoms with Crippen LogP contribution in [0.3, 0.4) is 0 Å². The van der Waals surface area contributed by atoms with Crippen molar-refractivity contribution in [1.29, 1.82) is 0 Å². The van der Waals surface area contributed by atoms with Crippen molar-refractivity contribution in [3.05, 3.63) is 69.0 Å². The summed E-state index contributed by atoms with van der Waals surface area (Å²) in [5.74, 6) is -0.321. The van der Waals surface area contributed by atoms with Crippen LogP contribution in [-0.2, 0) is 11.8 Å². The smallest absolute Gasteiger partial charge is 0.272 e. The van der Waals surface area contributed by atoms with Crippen molar-refractivity contribution in [3.8, 4) is 0 Å². The second-order valence-corrected chi connectivity index (χ2v) is 6.72. The van der Waals surface area contributed by atoms with Crippen LogP contribution in [0.1, 0.15) is 5.56 Å². The van der Waals surface area contributed by atoms with Gasteiger partial charge in [0, 0.05) is 18.1 Å². The van der Waals surface area contributed by atoms with E-state index < -0.39 is 0 Å². The van der Waals surface area contributed by atoms with Crippen molar-refractivity contribution >= 4 is 56.7 Å². The lowest BCUT2D eigenvalue weighted by molar-refractivity contribution is -0.113. The third-order valence-electron chi connectivity index (χ3n) is 3.24. The molecule has 1 amide bonds. The number of fused-ring (bicyclic) bond motifs is 1. The van der Waals surface area contributed by atoms with Gasteiger partial charge in [0.2, 0.25) is 0 Å². The molecule has 0 bridgehead atoms. The van der Waals surface area contributed by atoms with E-state index in [2.05, 4.69) is 4.99 Å². The molecule has 0 aliphatic carbocycles. The molecular formula is C17H12Cl2N2OS. The predicted molar refractivity (Wildman–Crippen MR) is 96.9 cm³/mol. The van der Waals surface area contributed by atoms with Crippen LogP contribution in [0, 0.1) is 0 Å². The van der Waals surface area contributed by atoms with Crippen molar-refractivity contribution in [2.45, 2.75) is 0 Å². The Kier molecular flexibility index (Phi) is 4.66. The van der Waals surface area contributed by atoms with Crippen LogP contribution in [0.25, 0.3) is 16.3 Å². The normalized spacial score (nSPS) is 12.4. The first kappa shape index (κ1) is 16.0. The first-order valence-corrected chi connectivity index (χ1v) is 8.38. The third kappa shape index (κ3) is 3.55. The zero-order valence-electron chi connectivity index (χ0n) is 12.2. The summed E-state index contributed by atoms with van der Waals surface area (Å²) in [4.78, 5) is 16.8. The van der Waals surface area contributed by atoms with Crippen LogP contribution in [0.4, 0.5) is 0 Å². The fourth-order valence-corrected chi connectivity index (χ4v) is 4.00. The maximum atomic E-state index is 12.0. The molecule has 0 N–H and O–H groups in total. The minimum atomic E-state index is -0.321. The molecule has 0 radical (unpaired) electrons. The lowest BCUT2D eigenvalue weighted by Gasteiger charge is -1.98. The van der Waals surface area contributed by atoms with Gasteiger partial charge in [-0.05, 0) is 23.8 Å². The molecule has 0 atom stereocenters. The third-order valence-corrected chi connectivity index (χ3v) is 4.83. The van der Waals surface area contributed by atoms with Gasteiger partial charge in [-0.15, -0.1) is 0 Å². The van der Waals surface area contributed by atoms with E-state index >= 15 is 0 Å². The first-order chi connectivity index (χ1) is 11.0. The number of thiazole rings is 1. The summed E-state index contributed by atoms with van der Waals surface area (Å²) in [6, 6.07) is 13.1. The summed E-state index contributed by atoms with van der Waals surface area (Å²) >= 11 is 13.6. The Bertz CT molecular complexity index is 971. The van der Waals surface area contributed by atoms with Gasteiger partial charge in [0.15, 0.2) is 4.80 Å². The van der Waals surface area contributed by atoms with Gasteiger partial charge in [-0.1, -0.05) is 64.9 Å². The van der Waals surface area contributed by atoms with E-state index in [9.17, 15) is 4.79 Å². The lowest BCUT2D eigenvalue weighted by atomic mass is 10.2. The molecule has 3 aromatic rings. The highest BCUT2D eigenvalue weighted by molar-refractivity contribution is 7.16. The van der Waals surface area contributed by atoms with Gasteiger partial charge in [0.25, 0.3) is 5.91 Å². The Hall–Kier alpha value is -1.88. The van der Waals surface area contributed by atoms with Crippen molar-refractivity contribution in [2.75, 3.05) is 0 Å². The zero-order chi connectivity index (χ0) is 16.4. The van der Waals surface area contributed by atoms with E-state index in [4.69, 9.17) is 23.2 Å². The number of rotatable bonds is 2. The highest BCUT2D eigenvalue weighted by Gasteiger charge is 2.09. The van der Waals surface area contributed by atoms with Crippen molar-refractivity contribution in [3.63, 3.8) is 0 Å². The SMILES string of the molecule is Cn1c(=NC(=O)/C=C/c2ccccc2)sc2cc(Cl)cc(Cl)c21. The molecule has 0 aliphatic rings. The van der Waals surface area contributed by atoms with Crippen LogP contribution in [0.5, 0.6) is 0 Å². The van der Waals surface area contributed by atoms with Gasteiger partial charge in [-0.2, -0.15) is 4.99 Å². The second-order valence-electron chi connectivity index (χ2n) is 4.87. The van der Waals surface area contributed by atoms with Crippen LogP contribution >= 0.6 is 34.5 Å². The van der Waals surface area contributed by atoms with Crippen LogP contribution in [-0.4, -0.2) is 10.5 Å². The quantitative estimate of drug-likeness (QED) is 0.609. The van der Waals surface area contributed by atoms with Gasteiger partial charge in [-0.3, -0.25) is 4.79 Å². The van der Waals surface area contributed by atoms with Crippen molar-refractivity contribution in [1.82, 2.24) is 4.57 Å². The highest BCUT2D eigenvalue weighted by atomic mass is 35.5. The molecule has 116 valence electrons. The van der Waals surface area contributed by atoms with Crippen LogP contribution < -0.4 is 4.80 Å². The summed E-state index contributed by atoms with van der Waals surface area (Å²) in [7, 11) is 1.83. The topological polar surface area (TPSA) is 34.4 Å². The Morgan fingerprint density at radius 1 is 1.22 bits per heavy atom. The number of carbonyl (C=O) groups excluding carboxylic acids is 1. The Morgan fingerprint density at radius 3 is 2.70 bits per heavy atom. The Balaban J connectivity index is 1.98. The summed E-state index contributed by atoms with van der Waals surface area (Å²) in [6.45, 7) is 0. The zero-order valence-corrected chi connectivity index (χ0v) is 14.5. The first-order valence-electron chi connectivity index (χ1n) is 6.81. The van der Waals surface area contributed by atoms with Gasteiger partial charge in [0.05, 0.1) is 15.2 Å². The van der Waals surface area contributed by atoms with Gasteiger partial charge < -0.3 is 4.57 Å². The maximum Gasteiger partial charge on any atom is 0.272 e. The van der Waals surface area contributed by atoms with Gasteiger partial charge in [-0.25, -0.2) is 0 Å². The number of hydrogen-bond acceptors (Lipinski definition) is 2. The fourth-order valence-electron chi connectivity index (χ4n) is 2.17. The number of amides is 1. The molecule has 3 rings (SSSR count). The minimum absolute atomic E-state index is 0.321. The fraction of sp³-hybridized carbons (Fsp3) is 0.0588. The number of benzene rings is 2. The van der Waals surface area contributed by atoms with E-state index in [0.29, 0.717) is 14.8 Å². The second kappa shape index (κ2) is 6.71. The Labute approximate surface area is 147 Å². The number of aryl methyl sites for hydroxylation is 1. The molecule has 2 aromatic carbocycles. The summed E-state index contributed by atoms with van der Waals surface area (Å²) in [5, 5.41) is 1.10. The average Bonchev–Trinajstić information content (AvgIpc) is 2.82. The standard InChI is InChI=1S/C17H12Cl2N2OS/c1-21-16-13(19)9-12(18)10-14(16)23-17(21)20-15(22)8-7-11-5-3-2-4-6-11/h2-10H,1H3/b8-7+,20-17?. The lowest BCUT2D eigenvalue weighted by Crippen LogP contribution is -2.12. The van der Waals surface area contributed by atoms with Gasteiger partial charge >= 0.3 is 0 Å². The number of carbonyl (C=O) groups is 1. The van der Waals surface area contributed by atoms with Crippen LogP contribution in [0.15, 0.2) is 53.5 Å². The molecule has 0 fully saturated rings. The maximum absolute atomic E-state index is 12.0. The van der Waals surface area contributed by atoms with Crippen molar-refractivity contribution < 1.29 is 4.79 Å². The highest BCUT2D eigenvalue weighted by Crippen LogP contribution is 2.29. The molecule has 3 nitrogen and oxygen atoms in total. The number of halogens is 2. The average molecular weight is 363 g/mol. The number of nitrogens with zero attached hydrogens (tertiary/aromatic N) is 2. The van der Waals surface area contributed by atoms with Gasteiger partial charge in [0.1, 0.15) is 0 Å². The minimum Gasteiger partial charge on any atom is -0.318 e. The summed E-state index contributed by atoms with van der Waals surface area (Å²) < 4.78 is 2.69. The van der Waals surface area contributed by atoms with E-state index in [0.717, 1.165) is 15.8 Å². The number of hydrogen-bond donors (Lipinski definition) is 0. The molecule has 1 heterocycles. The molecule has 0 spiro atoms. The molecule has 0 unspecified atom stereocenters. The van der Waals surface area contributed by atoms with E-state index in [1.54, 1.807) is 16.7 Å². The molecule has 0 saturated heterocycles. The summed E-state index contributed by atoms with van der Waals surface area (Å²) in [6.07, 6.45) is 3.19. The molecular weight excluding hydrogens is 351 g/mol. The van der Waals surface area contributed by atoms with Crippen LogP contribution in [0.2, 0.25) is 10.0 Å². The predicted octanol–water partition coefficient (Wildman–Crippen LogP) is 4.69. The van der Waals surface area contributed by atoms with E-state index in [1.807, 2.05) is 43.4 Å². The largest absolute Gasteiger partial charge is 0.318 e. The Morgan fingerprint density at radius 2 is 1.96 bits per heavy atom. The molecule has 0 saturated carbocycles. The van der Waals surface area contributed by atoms with E-state index in [1.165, 1.54) is 17.4 Å². The molecule has 1 aromatic heterocycles. The number of aromatic nitrogens is 1. The molecule has 0 aliphatic heterocycles. The van der Waals surface area contributed by atoms with E-state index in [-0.39, 0.29) is 5.91 Å².